The van der Waals surface area contributed by atoms with E-state index >= 15 is 0 Å². The minimum absolute atomic E-state index is 0.200. The summed E-state index contributed by atoms with van der Waals surface area (Å²) in [5.74, 6) is 0. The molecule has 0 aliphatic heterocycles. The van der Waals surface area contributed by atoms with E-state index in [-0.39, 0.29) is 6.61 Å². The minimum Gasteiger partial charge on any atom is -0.444 e. The fourth-order valence-electron chi connectivity index (χ4n) is 1.35. The lowest BCUT2D eigenvalue weighted by Gasteiger charge is -2.30. The quantitative estimate of drug-likeness (QED) is 0.779. The number of carbonyl (C=O) groups is 1. The summed E-state index contributed by atoms with van der Waals surface area (Å²) in [6.07, 6.45) is 6.84. The summed E-state index contributed by atoms with van der Waals surface area (Å²) in [7, 11) is 1.59. The number of ether oxygens (including phenoxy) is 1. The lowest BCUT2D eigenvalue weighted by atomic mass is 10.1. The van der Waals surface area contributed by atoms with Crippen molar-refractivity contribution in [1.82, 2.24) is 4.90 Å². The van der Waals surface area contributed by atoms with Crippen LogP contribution in [0.1, 0.15) is 27.7 Å². The van der Waals surface area contributed by atoms with E-state index in [1.165, 1.54) is 4.90 Å². The van der Waals surface area contributed by atoms with Crippen LogP contribution in [-0.2, 0) is 4.74 Å². The average molecular weight is 267 g/mol. The maximum atomic E-state index is 11.9. The van der Waals surface area contributed by atoms with Crippen molar-refractivity contribution < 1.29 is 14.6 Å². The molecule has 0 saturated carbocycles. The predicted molar refractivity (Wildman–Crippen MR) is 78.0 cm³/mol. The zero-order chi connectivity index (χ0) is 15.1. The maximum Gasteiger partial charge on any atom is 0.410 e. The Morgan fingerprint density at radius 2 is 2.00 bits per heavy atom. The highest BCUT2D eigenvalue weighted by Crippen LogP contribution is 2.14. The molecule has 108 valence electrons. The van der Waals surface area contributed by atoms with Crippen LogP contribution < -0.4 is 0 Å². The van der Waals surface area contributed by atoms with E-state index in [4.69, 9.17) is 4.74 Å². The largest absolute Gasteiger partial charge is 0.444 e. The Balaban J connectivity index is 4.76. The first-order chi connectivity index (χ1) is 8.72. The van der Waals surface area contributed by atoms with Crippen molar-refractivity contribution in [3.63, 3.8) is 0 Å². The van der Waals surface area contributed by atoms with Crippen LogP contribution in [0.4, 0.5) is 4.79 Å². The van der Waals surface area contributed by atoms with Gasteiger partial charge in [0.1, 0.15) is 5.60 Å². The van der Waals surface area contributed by atoms with Gasteiger partial charge in [0.2, 0.25) is 0 Å². The van der Waals surface area contributed by atoms with Gasteiger partial charge < -0.3 is 14.7 Å². The third-order valence-electron chi connectivity index (χ3n) is 2.36. The first-order valence-corrected chi connectivity index (χ1v) is 6.27. The molecule has 0 aromatic carbocycles. The molecule has 0 unspecified atom stereocenters. The third-order valence-corrected chi connectivity index (χ3v) is 2.36. The van der Waals surface area contributed by atoms with Crippen LogP contribution in [0.3, 0.4) is 0 Å². The van der Waals surface area contributed by atoms with Gasteiger partial charge in [0.05, 0.1) is 12.6 Å². The number of amides is 1. The van der Waals surface area contributed by atoms with E-state index in [0.29, 0.717) is 5.57 Å². The van der Waals surface area contributed by atoms with Gasteiger partial charge in [0.25, 0.3) is 0 Å². The van der Waals surface area contributed by atoms with Crippen LogP contribution in [0.2, 0.25) is 0 Å². The number of nitrogens with zero attached hydrogens (tertiary/aromatic N) is 1. The molecule has 0 rings (SSSR count). The van der Waals surface area contributed by atoms with Crippen LogP contribution >= 0.6 is 0 Å². The second-order valence-electron chi connectivity index (χ2n) is 5.25. The molecular weight excluding hydrogens is 242 g/mol. The molecule has 1 amide bonds. The van der Waals surface area contributed by atoms with Crippen molar-refractivity contribution in [1.29, 1.82) is 0 Å². The Labute approximate surface area is 116 Å². The molecule has 19 heavy (non-hydrogen) atoms. The molecule has 0 bridgehead atoms. The molecule has 0 aliphatic rings. The minimum atomic E-state index is -0.562. The first kappa shape index (κ1) is 17.4. The van der Waals surface area contributed by atoms with Gasteiger partial charge in [0.15, 0.2) is 0 Å². The van der Waals surface area contributed by atoms with Gasteiger partial charge >= 0.3 is 6.09 Å². The van der Waals surface area contributed by atoms with Crippen molar-refractivity contribution in [3.8, 4) is 0 Å². The van der Waals surface area contributed by atoms with E-state index in [9.17, 15) is 9.90 Å². The number of aliphatic hydroxyl groups is 1. The molecule has 4 heteroatoms. The molecule has 0 aliphatic carbocycles. The molecule has 0 aromatic heterocycles. The molecule has 0 fully saturated rings. The van der Waals surface area contributed by atoms with Gasteiger partial charge in [-0.25, -0.2) is 4.79 Å². The smallest absolute Gasteiger partial charge is 0.410 e. The number of hydrogen-bond donors (Lipinski definition) is 1. The van der Waals surface area contributed by atoms with Crippen LogP contribution in [0.15, 0.2) is 36.5 Å². The van der Waals surface area contributed by atoms with Crippen molar-refractivity contribution >= 4 is 6.09 Å². The topological polar surface area (TPSA) is 49.8 Å². The van der Waals surface area contributed by atoms with Gasteiger partial charge in [-0.3, -0.25) is 0 Å². The summed E-state index contributed by atoms with van der Waals surface area (Å²) in [4.78, 5) is 13.3. The van der Waals surface area contributed by atoms with Crippen molar-refractivity contribution in [2.45, 2.75) is 39.3 Å². The summed E-state index contributed by atoms with van der Waals surface area (Å²) >= 11 is 0. The van der Waals surface area contributed by atoms with Crippen molar-refractivity contribution in [2.75, 3.05) is 13.7 Å². The van der Waals surface area contributed by atoms with Crippen LogP contribution in [0.5, 0.6) is 0 Å². The number of aliphatic hydroxyl groups excluding tert-OH is 1. The van der Waals surface area contributed by atoms with Crippen molar-refractivity contribution in [3.05, 3.63) is 36.5 Å². The summed E-state index contributed by atoms with van der Waals surface area (Å²) < 4.78 is 5.25. The molecule has 0 heterocycles. The van der Waals surface area contributed by atoms with Crippen LogP contribution in [-0.4, -0.2) is 41.4 Å². The fourth-order valence-corrected chi connectivity index (χ4v) is 1.35. The van der Waals surface area contributed by atoms with Gasteiger partial charge in [-0.2, -0.15) is 0 Å². The normalized spacial score (nSPS) is 13.8. The lowest BCUT2D eigenvalue weighted by Crippen LogP contribution is -2.43. The number of likely N-dealkylation sites (N-methyl/N-ethyl adjacent to an activating group) is 1. The second-order valence-corrected chi connectivity index (χ2v) is 5.25. The third kappa shape index (κ3) is 6.82. The summed E-state index contributed by atoms with van der Waals surface area (Å²) in [6, 6.07) is -0.489. The molecule has 0 aromatic rings. The molecular formula is C15H25NO3. The Kier molecular flexibility index (Phi) is 7.16. The highest BCUT2D eigenvalue weighted by atomic mass is 16.6. The first-order valence-electron chi connectivity index (χ1n) is 6.27. The summed E-state index contributed by atoms with van der Waals surface area (Å²) in [5.41, 5.74) is 0.0852. The molecule has 0 saturated heterocycles. The molecule has 1 N–H and O–H groups in total. The average Bonchev–Trinajstić information content (AvgIpc) is 2.27. The van der Waals surface area contributed by atoms with E-state index in [2.05, 4.69) is 6.58 Å². The zero-order valence-corrected chi connectivity index (χ0v) is 12.5. The highest BCUT2D eigenvalue weighted by Gasteiger charge is 2.25. The monoisotopic (exact) mass is 267 g/mol. The molecule has 0 spiro atoms. The summed E-state index contributed by atoms with van der Waals surface area (Å²) in [5, 5.41) is 9.41. The second kappa shape index (κ2) is 7.79. The number of allylic oxidation sites excluding steroid dienone is 3. The molecule has 4 nitrogen and oxygen atoms in total. The van der Waals surface area contributed by atoms with Gasteiger partial charge in [-0.05, 0) is 33.3 Å². The van der Waals surface area contributed by atoms with Crippen LogP contribution in [0.25, 0.3) is 0 Å². The van der Waals surface area contributed by atoms with Crippen molar-refractivity contribution in [2.24, 2.45) is 0 Å². The fraction of sp³-hybridized carbons (Fsp3) is 0.533. The number of hydrogen-bond acceptors (Lipinski definition) is 3. The molecule has 0 radical (unpaired) electrons. The van der Waals surface area contributed by atoms with Gasteiger partial charge in [-0.1, -0.05) is 30.9 Å². The standard InChI is InChI=1S/C15H25NO3/c1-7-8-9-10-12(2)13(11-17)16(6)14(18)19-15(3,4)5/h7-10,13,17H,2,11H2,1,3-6H3/b8-7-,10-9-/t13-/m1/s1. The Morgan fingerprint density at radius 3 is 2.42 bits per heavy atom. The highest BCUT2D eigenvalue weighted by molar-refractivity contribution is 5.69. The maximum absolute atomic E-state index is 11.9. The SMILES string of the molecule is C=C(/C=C\C=C/C)[C@@H](CO)N(C)C(=O)OC(C)(C)C. The van der Waals surface area contributed by atoms with Gasteiger partial charge in [-0.15, -0.1) is 0 Å². The zero-order valence-electron chi connectivity index (χ0n) is 12.5. The predicted octanol–water partition coefficient (Wildman–Crippen LogP) is 2.90. The summed E-state index contributed by atoms with van der Waals surface area (Å²) in [6.45, 7) is 11.0. The number of carbonyl (C=O) groups excluding carboxylic acids is 1. The van der Waals surface area contributed by atoms with E-state index in [1.807, 2.05) is 25.2 Å². The molecule has 1 atom stereocenters. The Hall–Kier alpha value is -1.55. The van der Waals surface area contributed by atoms with E-state index in [1.54, 1.807) is 33.9 Å². The Morgan fingerprint density at radius 1 is 1.42 bits per heavy atom. The number of rotatable bonds is 5. The van der Waals surface area contributed by atoms with Gasteiger partial charge in [0, 0.05) is 7.05 Å². The van der Waals surface area contributed by atoms with Crippen LogP contribution in [0, 0.1) is 0 Å². The van der Waals surface area contributed by atoms with E-state index in [0.717, 1.165) is 0 Å². The Bertz CT molecular complexity index is 364. The van der Waals surface area contributed by atoms with E-state index < -0.39 is 17.7 Å². The lowest BCUT2D eigenvalue weighted by molar-refractivity contribution is 0.0203.